The van der Waals surface area contributed by atoms with E-state index in [0.29, 0.717) is 5.69 Å². The number of ether oxygens (including phenoxy) is 2. The van der Waals surface area contributed by atoms with E-state index < -0.39 is 23.8 Å². The molecule has 0 aromatic heterocycles. The smallest absolute Gasteiger partial charge is 0.481 e. The Kier molecular flexibility index (Phi) is 5.90. The summed E-state index contributed by atoms with van der Waals surface area (Å²) in [7, 11) is 0. The number of para-hydroxylation sites is 1. The molecule has 0 saturated carbocycles. The summed E-state index contributed by atoms with van der Waals surface area (Å²) in [6, 6.07) is 10.4. The molecule has 0 bridgehead atoms. The summed E-state index contributed by atoms with van der Waals surface area (Å²) in [4.78, 5) is 25.6. The molecule has 1 N–H and O–H groups in total. The van der Waals surface area contributed by atoms with Crippen molar-refractivity contribution in [2.24, 2.45) is 5.92 Å². The molecule has 0 radical (unpaired) electrons. The molecule has 1 fully saturated rings. The summed E-state index contributed by atoms with van der Waals surface area (Å²) in [6.45, 7) is -0.0168. The molecule has 0 spiro atoms. The fourth-order valence-corrected chi connectivity index (χ4v) is 2.62. The molecule has 10 heteroatoms. The molecule has 0 atom stereocenters. The molecule has 154 valence electrons. The average Bonchev–Trinajstić information content (AvgIpc) is 2.60. The van der Waals surface area contributed by atoms with E-state index in [1.807, 2.05) is 0 Å². The van der Waals surface area contributed by atoms with Crippen molar-refractivity contribution in [3.8, 4) is 11.5 Å². The van der Waals surface area contributed by atoms with Gasteiger partial charge in [-0.25, -0.2) is 4.39 Å². The summed E-state index contributed by atoms with van der Waals surface area (Å²) in [5, 5.41) is 2.56. The van der Waals surface area contributed by atoms with Gasteiger partial charge in [0.2, 0.25) is 5.91 Å². The number of rotatable bonds is 6. The van der Waals surface area contributed by atoms with E-state index in [9.17, 15) is 27.2 Å². The predicted molar refractivity (Wildman–Crippen MR) is 93.7 cm³/mol. The molecule has 1 aliphatic heterocycles. The Morgan fingerprint density at radius 3 is 2.34 bits per heavy atom. The first-order valence-electron chi connectivity index (χ1n) is 8.53. The van der Waals surface area contributed by atoms with E-state index in [0.717, 1.165) is 12.1 Å². The highest BCUT2D eigenvalue weighted by Crippen LogP contribution is 2.25. The van der Waals surface area contributed by atoms with Gasteiger partial charge in [-0.2, -0.15) is 0 Å². The molecule has 0 aliphatic carbocycles. The second kappa shape index (κ2) is 8.38. The third kappa shape index (κ3) is 5.59. The van der Waals surface area contributed by atoms with E-state index in [1.165, 1.54) is 35.2 Å². The Hall–Kier alpha value is -3.30. The molecule has 1 aliphatic rings. The van der Waals surface area contributed by atoms with Crippen LogP contribution in [0.4, 0.5) is 23.2 Å². The minimum atomic E-state index is -4.79. The number of carbonyl (C=O) groups excluding carboxylic acids is 2. The first kappa shape index (κ1) is 20.4. The maximum Gasteiger partial charge on any atom is 0.573 e. The molecular formula is C19H16F4N2O4. The number of alkyl halides is 3. The van der Waals surface area contributed by atoms with Gasteiger partial charge < -0.3 is 19.7 Å². The third-order valence-electron chi connectivity index (χ3n) is 4.15. The number of benzene rings is 2. The second-order valence-electron chi connectivity index (χ2n) is 6.28. The summed E-state index contributed by atoms with van der Waals surface area (Å²) in [6.07, 6.45) is -4.79. The number of amides is 2. The Morgan fingerprint density at radius 2 is 1.72 bits per heavy atom. The molecule has 29 heavy (non-hydrogen) atoms. The van der Waals surface area contributed by atoms with Crippen LogP contribution < -0.4 is 14.8 Å². The van der Waals surface area contributed by atoms with Crippen molar-refractivity contribution >= 4 is 17.5 Å². The van der Waals surface area contributed by atoms with Gasteiger partial charge in [0.15, 0.2) is 18.2 Å². The van der Waals surface area contributed by atoms with Gasteiger partial charge in [-0.1, -0.05) is 12.1 Å². The number of likely N-dealkylation sites (tertiary alicyclic amines) is 1. The molecular weight excluding hydrogens is 396 g/mol. The fourth-order valence-electron chi connectivity index (χ4n) is 2.62. The number of hydrogen-bond acceptors (Lipinski definition) is 4. The van der Waals surface area contributed by atoms with Crippen molar-refractivity contribution in [1.29, 1.82) is 0 Å². The summed E-state index contributed by atoms with van der Waals surface area (Å²) in [5.74, 6) is -2.22. The number of nitrogens with zero attached hydrogens (tertiary/aromatic N) is 1. The Labute approximate surface area is 163 Å². The monoisotopic (exact) mass is 412 g/mol. The van der Waals surface area contributed by atoms with Crippen LogP contribution in [0, 0.1) is 11.7 Å². The summed E-state index contributed by atoms with van der Waals surface area (Å²) < 4.78 is 58.7. The van der Waals surface area contributed by atoms with Crippen molar-refractivity contribution in [2.45, 2.75) is 6.36 Å². The van der Waals surface area contributed by atoms with Gasteiger partial charge in [0, 0.05) is 18.8 Å². The molecule has 6 nitrogen and oxygen atoms in total. The molecule has 1 heterocycles. The molecule has 0 unspecified atom stereocenters. The lowest BCUT2D eigenvalue weighted by molar-refractivity contribution is -0.274. The number of hydrogen-bond donors (Lipinski definition) is 1. The first-order valence-corrected chi connectivity index (χ1v) is 8.53. The lowest BCUT2D eigenvalue weighted by Crippen LogP contribution is -2.55. The highest BCUT2D eigenvalue weighted by Gasteiger charge is 2.36. The van der Waals surface area contributed by atoms with Crippen LogP contribution in [0.5, 0.6) is 11.5 Å². The maximum absolute atomic E-state index is 13.5. The Morgan fingerprint density at radius 1 is 1.07 bits per heavy atom. The zero-order valence-electron chi connectivity index (χ0n) is 14.9. The van der Waals surface area contributed by atoms with Crippen LogP contribution in [-0.2, 0) is 9.59 Å². The molecule has 2 aromatic carbocycles. The van der Waals surface area contributed by atoms with Gasteiger partial charge in [-0.3, -0.25) is 9.59 Å². The van der Waals surface area contributed by atoms with E-state index in [1.54, 1.807) is 6.07 Å². The first-order chi connectivity index (χ1) is 13.7. The largest absolute Gasteiger partial charge is 0.573 e. The third-order valence-corrected chi connectivity index (χ3v) is 4.15. The predicted octanol–water partition coefficient (Wildman–Crippen LogP) is 3.20. The van der Waals surface area contributed by atoms with Crippen molar-refractivity contribution in [3.63, 3.8) is 0 Å². The van der Waals surface area contributed by atoms with Crippen molar-refractivity contribution < 1.29 is 36.6 Å². The lowest BCUT2D eigenvalue weighted by atomic mass is 9.99. The van der Waals surface area contributed by atoms with Crippen LogP contribution in [0.1, 0.15) is 0 Å². The van der Waals surface area contributed by atoms with Crippen molar-refractivity contribution in [3.05, 3.63) is 54.3 Å². The standard InChI is InChI=1S/C19H16F4N2O4/c20-15-3-1-2-4-16(15)28-11-17(26)25-9-12(10-25)18(27)24-13-5-7-14(8-6-13)29-19(21,22)23/h1-8,12H,9-11H2,(H,24,27). The van der Waals surface area contributed by atoms with Gasteiger partial charge in [-0.05, 0) is 36.4 Å². The van der Waals surface area contributed by atoms with Crippen molar-refractivity contribution in [2.75, 3.05) is 25.0 Å². The maximum atomic E-state index is 13.5. The average molecular weight is 412 g/mol. The molecule has 2 aromatic rings. The number of nitrogens with one attached hydrogen (secondary N) is 1. The summed E-state index contributed by atoms with van der Waals surface area (Å²) >= 11 is 0. The Bertz CT molecular complexity index is 881. The topological polar surface area (TPSA) is 67.9 Å². The normalized spacial score (nSPS) is 14.1. The fraction of sp³-hybridized carbons (Fsp3) is 0.263. The Balaban J connectivity index is 1.42. The van der Waals surface area contributed by atoms with E-state index in [2.05, 4.69) is 10.1 Å². The van der Waals surface area contributed by atoms with Crippen LogP contribution in [0.25, 0.3) is 0 Å². The van der Waals surface area contributed by atoms with Crippen molar-refractivity contribution in [1.82, 2.24) is 4.90 Å². The minimum Gasteiger partial charge on any atom is -0.481 e. The molecule has 2 amide bonds. The van der Waals surface area contributed by atoms with Crippen LogP contribution in [0.3, 0.4) is 0 Å². The van der Waals surface area contributed by atoms with Gasteiger partial charge in [0.05, 0.1) is 5.92 Å². The summed E-state index contributed by atoms with van der Waals surface area (Å²) in [5.41, 5.74) is 0.303. The lowest BCUT2D eigenvalue weighted by Gasteiger charge is -2.38. The quantitative estimate of drug-likeness (QED) is 0.740. The molecule has 3 rings (SSSR count). The van der Waals surface area contributed by atoms with Crippen LogP contribution in [-0.4, -0.2) is 42.8 Å². The highest BCUT2D eigenvalue weighted by molar-refractivity contribution is 5.94. The second-order valence-corrected chi connectivity index (χ2v) is 6.28. The number of anilines is 1. The van der Waals surface area contributed by atoms with Crippen LogP contribution in [0.2, 0.25) is 0 Å². The van der Waals surface area contributed by atoms with E-state index in [-0.39, 0.29) is 37.3 Å². The number of carbonyl (C=O) groups is 2. The minimum absolute atomic E-state index is 0.0337. The van der Waals surface area contributed by atoms with Gasteiger partial charge in [0.25, 0.3) is 5.91 Å². The zero-order chi connectivity index (χ0) is 21.0. The van der Waals surface area contributed by atoms with E-state index in [4.69, 9.17) is 4.74 Å². The van der Waals surface area contributed by atoms with Gasteiger partial charge in [-0.15, -0.1) is 13.2 Å². The van der Waals surface area contributed by atoms with Crippen LogP contribution in [0.15, 0.2) is 48.5 Å². The van der Waals surface area contributed by atoms with Gasteiger partial charge in [0.1, 0.15) is 5.75 Å². The molecule has 1 saturated heterocycles. The van der Waals surface area contributed by atoms with E-state index >= 15 is 0 Å². The zero-order valence-corrected chi connectivity index (χ0v) is 14.9. The highest BCUT2D eigenvalue weighted by atomic mass is 19.4. The SMILES string of the molecule is O=C(Nc1ccc(OC(F)(F)F)cc1)C1CN(C(=O)COc2ccccc2F)C1. The number of halogens is 4. The van der Waals surface area contributed by atoms with Gasteiger partial charge >= 0.3 is 6.36 Å². The van der Waals surface area contributed by atoms with Crippen LogP contribution >= 0.6 is 0 Å².